The minimum atomic E-state index is -0.197. The van der Waals surface area contributed by atoms with Crippen LogP contribution >= 0.6 is 0 Å². The van der Waals surface area contributed by atoms with Gasteiger partial charge in [-0.1, -0.05) is 6.07 Å². The average Bonchev–Trinajstić information content (AvgIpc) is 2.85. The van der Waals surface area contributed by atoms with Crippen LogP contribution < -0.4 is 16.3 Å². The van der Waals surface area contributed by atoms with E-state index in [1.54, 1.807) is 6.20 Å². The SMILES string of the molecule is CCNc1ccnc(NCc2ccc3[nH]c(=O)[nH]c3c2)n1. The van der Waals surface area contributed by atoms with E-state index in [9.17, 15) is 4.79 Å². The first-order valence-electron chi connectivity index (χ1n) is 6.76. The lowest BCUT2D eigenvalue weighted by atomic mass is 10.2. The van der Waals surface area contributed by atoms with Crippen molar-refractivity contribution in [2.75, 3.05) is 17.2 Å². The lowest BCUT2D eigenvalue weighted by Crippen LogP contribution is -2.06. The lowest BCUT2D eigenvalue weighted by molar-refractivity contribution is 1.04. The molecule has 0 aliphatic carbocycles. The monoisotopic (exact) mass is 284 g/mol. The number of hydrogen-bond donors (Lipinski definition) is 4. The number of anilines is 2. The van der Waals surface area contributed by atoms with E-state index in [4.69, 9.17) is 0 Å². The summed E-state index contributed by atoms with van der Waals surface area (Å²) < 4.78 is 0. The predicted molar refractivity (Wildman–Crippen MR) is 82.4 cm³/mol. The molecule has 4 N–H and O–H groups in total. The van der Waals surface area contributed by atoms with Gasteiger partial charge in [-0.15, -0.1) is 0 Å². The highest BCUT2D eigenvalue weighted by atomic mass is 16.1. The van der Waals surface area contributed by atoms with Gasteiger partial charge in [-0.3, -0.25) is 0 Å². The number of rotatable bonds is 5. The molecule has 2 heterocycles. The molecule has 2 aromatic heterocycles. The van der Waals surface area contributed by atoms with Crippen molar-refractivity contribution in [2.24, 2.45) is 0 Å². The molecule has 0 radical (unpaired) electrons. The van der Waals surface area contributed by atoms with E-state index in [2.05, 4.69) is 30.6 Å². The predicted octanol–water partition coefficient (Wildman–Crippen LogP) is 1.69. The van der Waals surface area contributed by atoms with E-state index in [0.717, 1.165) is 29.0 Å². The molecule has 7 heteroatoms. The van der Waals surface area contributed by atoms with E-state index in [0.29, 0.717) is 12.5 Å². The normalized spacial score (nSPS) is 10.7. The molecule has 0 aliphatic heterocycles. The van der Waals surface area contributed by atoms with E-state index in [-0.39, 0.29) is 5.69 Å². The zero-order valence-electron chi connectivity index (χ0n) is 11.6. The van der Waals surface area contributed by atoms with Crippen molar-refractivity contribution >= 4 is 22.8 Å². The van der Waals surface area contributed by atoms with Gasteiger partial charge in [0.05, 0.1) is 11.0 Å². The third-order valence-corrected chi connectivity index (χ3v) is 3.04. The van der Waals surface area contributed by atoms with Crippen LogP contribution in [0.25, 0.3) is 11.0 Å². The van der Waals surface area contributed by atoms with Gasteiger partial charge in [-0.2, -0.15) is 4.98 Å². The van der Waals surface area contributed by atoms with Gasteiger partial charge in [0.25, 0.3) is 0 Å². The Morgan fingerprint density at radius 2 is 2.00 bits per heavy atom. The molecule has 21 heavy (non-hydrogen) atoms. The van der Waals surface area contributed by atoms with Gasteiger partial charge >= 0.3 is 5.69 Å². The maximum Gasteiger partial charge on any atom is 0.323 e. The van der Waals surface area contributed by atoms with E-state index < -0.39 is 0 Å². The molecule has 108 valence electrons. The summed E-state index contributed by atoms with van der Waals surface area (Å²) in [5, 5.41) is 6.30. The summed E-state index contributed by atoms with van der Waals surface area (Å²) >= 11 is 0. The van der Waals surface area contributed by atoms with Crippen LogP contribution in [0.5, 0.6) is 0 Å². The number of aromatic nitrogens is 4. The number of hydrogen-bond acceptors (Lipinski definition) is 5. The van der Waals surface area contributed by atoms with Gasteiger partial charge in [0.1, 0.15) is 5.82 Å². The van der Waals surface area contributed by atoms with Crippen molar-refractivity contribution in [1.29, 1.82) is 0 Å². The van der Waals surface area contributed by atoms with Crippen molar-refractivity contribution in [3.05, 3.63) is 46.5 Å². The van der Waals surface area contributed by atoms with Gasteiger partial charge in [-0.25, -0.2) is 9.78 Å². The van der Waals surface area contributed by atoms with Crippen molar-refractivity contribution in [1.82, 2.24) is 19.9 Å². The fourth-order valence-electron chi connectivity index (χ4n) is 2.09. The fourth-order valence-corrected chi connectivity index (χ4v) is 2.09. The first-order valence-corrected chi connectivity index (χ1v) is 6.76. The minimum Gasteiger partial charge on any atom is -0.370 e. The zero-order chi connectivity index (χ0) is 14.7. The number of imidazole rings is 1. The first-order chi connectivity index (χ1) is 10.2. The zero-order valence-corrected chi connectivity index (χ0v) is 11.6. The summed E-state index contributed by atoms with van der Waals surface area (Å²) in [6, 6.07) is 7.58. The molecule has 0 spiro atoms. The number of fused-ring (bicyclic) bond motifs is 1. The van der Waals surface area contributed by atoms with Gasteiger partial charge < -0.3 is 20.6 Å². The Kier molecular flexibility index (Phi) is 3.55. The molecule has 3 rings (SSSR count). The maximum absolute atomic E-state index is 11.2. The molecule has 0 fully saturated rings. The van der Waals surface area contributed by atoms with E-state index in [1.165, 1.54) is 0 Å². The van der Waals surface area contributed by atoms with E-state index >= 15 is 0 Å². The largest absolute Gasteiger partial charge is 0.370 e. The maximum atomic E-state index is 11.2. The number of benzene rings is 1. The molecule has 7 nitrogen and oxygen atoms in total. The second-order valence-electron chi connectivity index (χ2n) is 4.61. The fraction of sp³-hybridized carbons (Fsp3) is 0.214. The highest BCUT2D eigenvalue weighted by Crippen LogP contribution is 2.12. The average molecular weight is 284 g/mol. The first kappa shape index (κ1) is 13.2. The molecule has 0 saturated carbocycles. The van der Waals surface area contributed by atoms with Crippen LogP contribution in [0, 0.1) is 0 Å². The number of nitrogens with one attached hydrogen (secondary N) is 4. The second kappa shape index (κ2) is 5.66. The molecular formula is C14H16N6O. The van der Waals surface area contributed by atoms with Crippen molar-refractivity contribution in [3.63, 3.8) is 0 Å². The summed E-state index contributed by atoms with van der Waals surface area (Å²) in [4.78, 5) is 25.2. The molecule has 0 unspecified atom stereocenters. The topological polar surface area (TPSA) is 98.5 Å². The Morgan fingerprint density at radius 3 is 2.86 bits per heavy atom. The van der Waals surface area contributed by atoms with Crippen LogP contribution in [0.2, 0.25) is 0 Å². The Hall–Kier alpha value is -2.83. The van der Waals surface area contributed by atoms with Gasteiger partial charge in [0.15, 0.2) is 0 Å². The van der Waals surface area contributed by atoms with Crippen LogP contribution in [-0.4, -0.2) is 26.5 Å². The second-order valence-corrected chi connectivity index (χ2v) is 4.61. The quantitative estimate of drug-likeness (QED) is 0.571. The summed E-state index contributed by atoms with van der Waals surface area (Å²) in [5.74, 6) is 1.36. The molecular weight excluding hydrogens is 268 g/mol. The highest BCUT2D eigenvalue weighted by molar-refractivity contribution is 5.75. The van der Waals surface area contributed by atoms with Gasteiger partial charge in [0.2, 0.25) is 5.95 Å². The van der Waals surface area contributed by atoms with Gasteiger partial charge in [0, 0.05) is 19.3 Å². The van der Waals surface area contributed by atoms with Crippen molar-refractivity contribution in [2.45, 2.75) is 13.5 Å². The lowest BCUT2D eigenvalue weighted by Gasteiger charge is -2.07. The minimum absolute atomic E-state index is 0.197. The molecule has 0 amide bonds. The third kappa shape index (κ3) is 3.02. The number of aromatic amines is 2. The van der Waals surface area contributed by atoms with Crippen LogP contribution in [0.4, 0.5) is 11.8 Å². The Labute approximate surface area is 120 Å². The van der Waals surface area contributed by atoms with E-state index in [1.807, 2.05) is 31.2 Å². The molecule has 0 saturated heterocycles. The molecule has 1 aromatic carbocycles. The summed E-state index contributed by atoms with van der Waals surface area (Å²) in [6.07, 6.45) is 1.71. The molecule has 0 bridgehead atoms. The van der Waals surface area contributed by atoms with Crippen LogP contribution in [0.15, 0.2) is 35.3 Å². The number of nitrogens with zero attached hydrogens (tertiary/aromatic N) is 2. The van der Waals surface area contributed by atoms with Crippen LogP contribution in [0.3, 0.4) is 0 Å². The number of H-pyrrole nitrogens is 2. The Balaban J connectivity index is 1.73. The van der Waals surface area contributed by atoms with Crippen molar-refractivity contribution in [3.8, 4) is 0 Å². The Bertz CT molecular complexity index is 806. The molecule has 3 aromatic rings. The smallest absolute Gasteiger partial charge is 0.323 e. The third-order valence-electron chi connectivity index (χ3n) is 3.04. The van der Waals surface area contributed by atoms with Crippen molar-refractivity contribution < 1.29 is 0 Å². The molecule has 0 atom stereocenters. The van der Waals surface area contributed by atoms with Crippen LogP contribution in [0.1, 0.15) is 12.5 Å². The Morgan fingerprint density at radius 1 is 1.14 bits per heavy atom. The highest BCUT2D eigenvalue weighted by Gasteiger charge is 2.02. The van der Waals surface area contributed by atoms with Gasteiger partial charge in [-0.05, 0) is 30.7 Å². The molecule has 0 aliphatic rings. The summed E-state index contributed by atoms with van der Waals surface area (Å²) in [7, 11) is 0. The standard InChI is InChI=1S/C14H16N6O/c1-2-15-12-5-6-16-13(20-12)17-8-9-3-4-10-11(7-9)19-14(21)18-10/h3-7H,2,8H2,1H3,(H2,18,19,21)(H2,15,16,17,20). The summed E-state index contributed by atoms with van der Waals surface area (Å²) in [5.41, 5.74) is 2.43. The summed E-state index contributed by atoms with van der Waals surface area (Å²) in [6.45, 7) is 3.41. The van der Waals surface area contributed by atoms with Crippen LogP contribution in [-0.2, 0) is 6.54 Å².